The van der Waals surface area contributed by atoms with Crippen molar-refractivity contribution in [3.8, 4) is 11.1 Å². The lowest BCUT2D eigenvalue weighted by Crippen LogP contribution is -1.94. The summed E-state index contributed by atoms with van der Waals surface area (Å²) >= 11 is 6.38. The zero-order chi connectivity index (χ0) is 13.5. The van der Waals surface area contributed by atoms with Crippen molar-refractivity contribution in [3.63, 3.8) is 0 Å². The molecule has 0 saturated carbocycles. The SMILES string of the molecule is COCCCC(Cl)c1ccc(-c2ccccc2)cc1. The molecule has 0 fully saturated rings. The van der Waals surface area contributed by atoms with Gasteiger partial charge in [-0.3, -0.25) is 0 Å². The Hall–Kier alpha value is -1.31. The Kier molecular flexibility index (Phi) is 5.44. The number of alkyl halides is 1. The minimum absolute atomic E-state index is 0.0694. The lowest BCUT2D eigenvalue weighted by molar-refractivity contribution is 0.192. The highest BCUT2D eigenvalue weighted by molar-refractivity contribution is 6.20. The number of hydrogen-bond donors (Lipinski definition) is 0. The van der Waals surface area contributed by atoms with Crippen LogP contribution in [0.5, 0.6) is 0 Å². The van der Waals surface area contributed by atoms with Crippen molar-refractivity contribution in [1.82, 2.24) is 0 Å². The molecule has 0 amide bonds. The van der Waals surface area contributed by atoms with Crippen LogP contribution in [0.15, 0.2) is 54.6 Å². The largest absolute Gasteiger partial charge is 0.385 e. The molecular formula is C17H19ClO. The van der Waals surface area contributed by atoms with E-state index in [1.165, 1.54) is 16.7 Å². The summed E-state index contributed by atoms with van der Waals surface area (Å²) in [5.41, 5.74) is 3.64. The van der Waals surface area contributed by atoms with Gasteiger partial charge in [-0.1, -0.05) is 54.6 Å². The van der Waals surface area contributed by atoms with E-state index in [2.05, 4.69) is 48.5 Å². The summed E-state index contributed by atoms with van der Waals surface area (Å²) in [6.45, 7) is 0.769. The van der Waals surface area contributed by atoms with Crippen molar-refractivity contribution in [2.24, 2.45) is 0 Å². The van der Waals surface area contributed by atoms with Gasteiger partial charge >= 0.3 is 0 Å². The highest BCUT2D eigenvalue weighted by Crippen LogP contribution is 2.28. The second-order valence-corrected chi connectivity index (χ2v) is 5.12. The third-order valence-corrected chi connectivity index (χ3v) is 3.66. The zero-order valence-corrected chi connectivity index (χ0v) is 11.9. The Bertz CT molecular complexity index is 478. The fourth-order valence-corrected chi connectivity index (χ4v) is 2.39. The molecule has 1 atom stereocenters. The monoisotopic (exact) mass is 274 g/mol. The van der Waals surface area contributed by atoms with Crippen LogP contribution >= 0.6 is 11.6 Å². The van der Waals surface area contributed by atoms with Crippen molar-refractivity contribution in [2.75, 3.05) is 13.7 Å². The predicted molar refractivity (Wildman–Crippen MR) is 81.6 cm³/mol. The van der Waals surface area contributed by atoms with Crippen molar-refractivity contribution >= 4 is 11.6 Å². The number of rotatable bonds is 6. The minimum atomic E-state index is 0.0694. The summed E-state index contributed by atoms with van der Waals surface area (Å²) in [5, 5.41) is 0.0694. The van der Waals surface area contributed by atoms with Gasteiger partial charge in [-0.2, -0.15) is 0 Å². The van der Waals surface area contributed by atoms with Crippen molar-refractivity contribution in [1.29, 1.82) is 0 Å². The molecule has 100 valence electrons. The fraction of sp³-hybridized carbons (Fsp3) is 0.294. The molecule has 0 saturated heterocycles. The normalized spacial score (nSPS) is 12.3. The summed E-state index contributed by atoms with van der Waals surface area (Å²) in [7, 11) is 1.72. The number of ether oxygens (including phenoxy) is 1. The second kappa shape index (κ2) is 7.32. The van der Waals surface area contributed by atoms with E-state index in [-0.39, 0.29) is 5.38 Å². The molecule has 1 unspecified atom stereocenters. The van der Waals surface area contributed by atoms with Crippen LogP contribution < -0.4 is 0 Å². The van der Waals surface area contributed by atoms with Gasteiger partial charge in [0.05, 0.1) is 5.38 Å². The summed E-state index contributed by atoms with van der Waals surface area (Å²) in [6.07, 6.45) is 1.94. The molecule has 0 radical (unpaired) electrons. The molecule has 19 heavy (non-hydrogen) atoms. The summed E-state index contributed by atoms with van der Waals surface area (Å²) in [5.74, 6) is 0. The van der Waals surface area contributed by atoms with E-state index in [4.69, 9.17) is 16.3 Å². The first-order chi connectivity index (χ1) is 9.31. The van der Waals surface area contributed by atoms with Crippen LogP contribution in [0.1, 0.15) is 23.8 Å². The molecule has 2 aromatic rings. The lowest BCUT2D eigenvalue weighted by atomic mass is 10.0. The maximum atomic E-state index is 6.38. The van der Waals surface area contributed by atoms with Gasteiger partial charge in [0.1, 0.15) is 0 Å². The van der Waals surface area contributed by atoms with Gasteiger partial charge in [0.25, 0.3) is 0 Å². The Labute approximate surface area is 120 Å². The van der Waals surface area contributed by atoms with E-state index < -0.39 is 0 Å². The molecule has 0 aliphatic rings. The molecule has 0 heterocycles. The van der Waals surface area contributed by atoms with Gasteiger partial charge in [0.15, 0.2) is 0 Å². The van der Waals surface area contributed by atoms with Crippen LogP contribution in [0, 0.1) is 0 Å². The van der Waals surface area contributed by atoms with E-state index in [9.17, 15) is 0 Å². The number of benzene rings is 2. The summed E-state index contributed by atoms with van der Waals surface area (Å²) in [6, 6.07) is 18.9. The lowest BCUT2D eigenvalue weighted by Gasteiger charge is -2.10. The average Bonchev–Trinajstić information content (AvgIpc) is 2.48. The molecule has 0 aromatic heterocycles. The predicted octanol–water partition coefficient (Wildman–Crippen LogP) is 5.06. The van der Waals surface area contributed by atoms with E-state index in [0.29, 0.717) is 0 Å². The summed E-state index contributed by atoms with van der Waals surface area (Å²) in [4.78, 5) is 0. The molecule has 0 N–H and O–H groups in total. The third kappa shape index (κ3) is 4.09. The van der Waals surface area contributed by atoms with Crippen LogP contribution in [0.2, 0.25) is 0 Å². The smallest absolute Gasteiger partial charge is 0.0586 e. The number of methoxy groups -OCH3 is 1. The van der Waals surface area contributed by atoms with Crippen LogP contribution in [0.4, 0.5) is 0 Å². The van der Waals surface area contributed by atoms with E-state index in [1.807, 2.05) is 6.07 Å². The first-order valence-electron chi connectivity index (χ1n) is 6.59. The minimum Gasteiger partial charge on any atom is -0.385 e. The fourth-order valence-electron chi connectivity index (χ4n) is 2.09. The molecular weight excluding hydrogens is 256 g/mol. The van der Waals surface area contributed by atoms with Crippen LogP contribution in [-0.2, 0) is 4.74 Å². The Morgan fingerprint density at radius 2 is 1.58 bits per heavy atom. The Morgan fingerprint density at radius 3 is 2.21 bits per heavy atom. The molecule has 0 spiro atoms. The molecule has 0 bridgehead atoms. The molecule has 0 aliphatic heterocycles. The van der Waals surface area contributed by atoms with Gasteiger partial charge in [-0.15, -0.1) is 11.6 Å². The first-order valence-corrected chi connectivity index (χ1v) is 7.03. The van der Waals surface area contributed by atoms with Gasteiger partial charge < -0.3 is 4.74 Å². The van der Waals surface area contributed by atoms with Crippen LogP contribution in [0.3, 0.4) is 0 Å². The summed E-state index contributed by atoms with van der Waals surface area (Å²) < 4.78 is 5.05. The van der Waals surface area contributed by atoms with Gasteiger partial charge in [-0.25, -0.2) is 0 Å². The quantitative estimate of drug-likeness (QED) is 0.528. The van der Waals surface area contributed by atoms with Gasteiger partial charge in [0, 0.05) is 13.7 Å². The molecule has 0 aliphatic carbocycles. The van der Waals surface area contributed by atoms with Gasteiger partial charge in [0.2, 0.25) is 0 Å². The second-order valence-electron chi connectivity index (χ2n) is 4.59. The van der Waals surface area contributed by atoms with Crippen molar-refractivity contribution in [2.45, 2.75) is 18.2 Å². The van der Waals surface area contributed by atoms with Gasteiger partial charge in [-0.05, 0) is 29.5 Å². The Balaban J connectivity index is 2.02. The highest BCUT2D eigenvalue weighted by Gasteiger charge is 2.07. The zero-order valence-electron chi connectivity index (χ0n) is 11.2. The maximum Gasteiger partial charge on any atom is 0.0586 e. The standard InChI is InChI=1S/C17H19ClO/c1-19-13-5-8-17(18)16-11-9-15(10-12-16)14-6-3-2-4-7-14/h2-4,6-7,9-12,17H,5,8,13H2,1H3. The molecule has 2 heteroatoms. The van der Waals surface area contributed by atoms with E-state index >= 15 is 0 Å². The van der Waals surface area contributed by atoms with Crippen molar-refractivity contribution < 1.29 is 4.74 Å². The highest BCUT2D eigenvalue weighted by atomic mass is 35.5. The molecule has 2 aromatic carbocycles. The van der Waals surface area contributed by atoms with E-state index in [1.54, 1.807) is 7.11 Å². The van der Waals surface area contributed by atoms with Crippen LogP contribution in [0.25, 0.3) is 11.1 Å². The van der Waals surface area contributed by atoms with Crippen LogP contribution in [-0.4, -0.2) is 13.7 Å². The Morgan fingerprint density at radius 1 is 0.947 bits per heavy atom. The molecule has 1 nitrogen and oxygen atoms in total. The maximum absolute atomic E-state index is 6.38. The number of halogens is 1. The topological polar surface area (TPSA) is 9.23 Å². The third-order valence-electron chi connectivity index (χ3n) is 3.19. The average molecular weight is 275 g/mol. The molecule has 2 rings (SSSR count). The first kappa shape index (κ1) is 14.1. The number of hydrogen-bond acceptors (Lipinski definition) is 1. The van der Waals surface area contributed by atoms with E-state index in [0.717, 1.165) is 19.4 Å². The van der Waals surface area contributed by atoms with Crippen molar-refractivity contribution in [3.05, 3.63) is 60.2 Å².